The lowest BCUT2D eigenvalue weighted by atomic mass is 10.1. The molecule has 4 heteroatoms. The summed E-state index contributed by atoms with van der Waals surface area (Å²) in [6, 6.07) is 9.61. The number of likely N-dealkylation sites (tertiary alicyclic amines) is 1. The van der Waals surface area contributed by atoms with Crippen LogP contribution in [0.1, 0.15) is 18.1 Å². The molecule has 0 radical (unpaired) electrons. The molecule has 18 heavy (non-hydrogen) atoms. The number of methoxy groups -OCH3 is 1. The molecular weight excluding hydrogens is 228 g/mol. The second-order valence-corrected chi connectivity index (χ2v) is 4.70. The van der Waals surface area contributed by atoms with E-state index in [1.165, 1.54) is 0 Å². The van der Waals surface area contributed by atoms with Crippen molar-refractivity contribution >= 4 is 5.91 Å². The number of rotatable bonds is 4. The Kier molecular flexibility index (Phi) is 4.33. The number of benzene rings is 1. The van der Waals surface area contributed by atoms with Crippen LogP contribution >= 0.6 is 0 Å². The number of hydrogen-bond acceptors (Lipinski definition) is 3. The number of nitrogens with two attached hydrogens (primary N) is 1. The lowest BCUT2D eigenvalue weighted by molar-refractivity contribution is -0.141. The maximum Gasteiger partial charge on any atom is 0.256 e. The molecule has 1 aliphatic rings. The minimum atomic E-state index is -0.497. The van der Waals surface area contributed by atoms with Gasteiger partial charge in [-0.2, -0.15) is 0 Å². The normalized spacial score (nSPS) is 21.0. The van der Waals surface area contributed by atoms with E-state index in [4.69, 9.17) is 10.5 Å². The topological polar surface area (TPSA) is 55.6 Å². The van der Waals surface area contributed by atoms with Crippen LogP contribution in [-0.2, 0) is 9.53 Å². The number of carbonyl (C=O) groups excluding carboxylic acids is 1. The molecule has 2 atom stereocenters. The van der Waals surface area contributed by atoms with Crippen LogP contribution in [0.3, 0.4) is 0 Å². The molecule has 0 bridgehead atoms. The van der Waals surface area contributed by atoms with Gasteiger partial charge in [-0.15, -0.1) is 0 Å². The van der Waals surface area contributed by atoms with Crippen LogP contribution in [0.15, 0.2) is 30.3 Å². The molecule has 1 aromatic rings. The predicted molar refractivity (Wildman–Crippen MR) is 69.9 cm³/mol. The Hall–Kier alpha value is -1.39. The highest BCUT2D eigenvalue weighted by molar-refractivity contribution is 5.82. The standard InChI is InChI=1S/C14H20N2O2/c1-18-13(12-5-3-2-4-6-12)14(17)16-8-7-11(9-15)10-16/h2-6,11,13H,7-10,15H2,1H3/t11-,13+/m0/s1. The Labute approximate surface area is 108 Å². The second kappa shape index (κ2) is 5.98. The predicted octanol–water partition coefficient (Wildman–Crippen LogP) is 1.18. The third kappa shape index (κ3) is 2.71. The van der Waals surface area contributed by atoms with E-state index >= 15 is 0 Å². The lowest BCUT2D eigenvalue weighted by Crippen LogP contribution is -2.34. The first-order valence-electron chi connectivity index (χ1n) is 6.33. The molecule has 0 unspecified atom stereocenters. The Morgan fingerprint density at radius 2 is 2.22 bits per heavy atom. The molecule has 1 aromatic carbocycles. The van der Waals surface area contributed by atoms with Crippen LogP contribution in [0.25, 0.3) is 0 Å². The zero-order valence-electron chi connectivity index (χ0n) is 10.7. The lowest BCUT2D eigenvalue weighted by Gasteiger charge is -2.22. The average Bonchev–Trinajstić information content (AvgIpc) is 2.89. The first-order chi connectivity index (χ1) is 8.76. The second-order valence-electron chi connectivity index (χ2n) is 4.70. The van der Waals surface area contributed by atoms with Crippen molar-refractivity contribution in [2.24, 2.45) is 11.7 Å². The number of ether oxygens (including phenoxy) is 1. The highest BCUT2D eigenvalue weighted by Gasteiger charge is 2.31. The van der Waals surface area contributed by atoms with Gasteiger partial charge in [0.1, 0.15) is 0 Å². The summed E-state index contributed by atoms with van der Waals surface area (Å²) < 4.78 is 5.36. The number of nitrogens with zero attached hydrogens (tertiary/aromatic N) is 1. The summed E-state index contributed by atoms with van der Waals surface area (Å²) in [5.41, 5.74) is 6.55. The molecule has 1 amide bonds. The Balaban J connectivity index is 2.07. The number of hydrogen-bond donors (Lipinski definition) is 1. The molecule has 98 valence electrons. The fraction of sp³-hybridized carbons (Fsp3) is 0.500. The van der Waals surface area contributed by atoms with Crippen LogP contribution in [-0.4, -0.2) is 37.6 Å². The van der Waals surface area contributed by atoms with Crippen molar-refractivity contribution in [2.45, 2.75) is 12.5 Å². The van der Waals surface area contributed by atoms with Crippen molar-refractivity contribution in [1.29, 1.82) is 0 Å². The third-order valence-corrected chi connectivity index (χ3v) is 3.49. The van der Waals surface area contributed by atoms with Gasteiger partial charge in [-0.1, -0.05) is 30.3 Å². The fourth-order valence-electron chi connectivity index (χ4n) is 2.40. The molecule has 1 aliphatic heterocycles. The summed E-state index contributed by atoms with van der Waals surface area (Å²) in [5.74, 6) is 0.474. The van der Waals surface area contributed by atoms with Crippen LogP contribution in [0.4, 0.5) is 0 Å². The van der Waals surface area contributed by atoms with Gasteiger partial charge in [0, 0.05) is 20.2 Å². The van der Waals surface area contributed by atoms with E-state index in [1.807, 2.05) is 35.2 Å². The molecule has 2 N–H and O–H groups in total. The largest absolute Gasteiger partial charge is 0.367 e. The average molecular weight is 248 g/mol. The van der Waals surface area contributed by atoms with Crippen molar-refractivity contribution in [3.05, 3.63) is 35.9 Å². The summed E-state index contributed by atoms with van der Waals surface area (Å²) in [6.45, 7) is 2.18. The Morgan fingerprint density at radius 1 is 1.50 bits per heavy atom. The van der Waals surface area contributed by atoms with Gasteiger partial charge >= 0.3 is 0 Å². The molecule has 0 aromatic heterocycles. The van der Waals surface area contributed by atoms with E-state index < -0.39 is 6.10 Å². The molecular formula is C14H20N2O2. The van der Waals surface area contributed by atoms with Gasteiger partial charge < -0.3 is 15.4 Å². The summed E-state index contributed by atoms with van der Waals surface area (Å²) in [7, 11) is 1.58. The smallest absolute Gasteiger partial charge is 0.256 e. The van der Waals surface area contributed by atoms with Gasteiger partial charge in [0.2, 0.25) is 0 Å². The van der Waals surface area contributed by atoms with Gasteiger partial charge in [0.25, 0.3) is 5.91 Å². The summed E-state index contributed by atoms with van der Waals surface area (Å²) in [6.07, 6.45) is 0.496. The van der Waals surface area contributed by atoms with Gasteiger partial charge in [0.05, 0.1) is 0 Å². The summed E-state index contributed by atoms with van der Waals surface area (Å²) in [4.78, 5) is 14.3. The van der Waals surface area contributed by atoms with Crippen molar-refractivity contribution in [3.63, 3.8) is 0 Å². The van der Waals surface area contributed by atoms with Crippen molar-refractivity contribution in [2.75, 3.05) is 26.7 Å². The first-order valence-corrected chi connectivity index (χ1v) is 6.33. The third-order valence-electron chi connectivity index (χ3n) is 3.49. The summed E-state index contributed by atoms with van der Waals surface area (Å²) in [5, 5.41) is 0. The summed E-state index contributed by atoms with van der Waals surface area (Å²) >= 11 is 0. The monoisotopic (exact) mass is 248 g/mol. The Bertz CT molecular complexity index is 394. The Morgan fingerprint density at radius 3 is 2.78 bits per heavy atom. The van der Waals surface area contributed by atoms with E-state index in [-0.39, 0.29) is 5.91 Å². The van der Waals surface area contributed by atoms with Crippen molar-refractivity contribution in [1.82, 2.24) is 4.90 Å². The minimum Gasteiger partial charge on any atom is -0.367 e. The van der Waals surface area contributed by atoms with E-state index in [0.29, 0.717) is 12.5 Å². The zero-order valence-corrected chi connectivity index (χ0v) is 10.7. The molecule has 0 spiro atoms. The van der Waals surface area contributed by atoms with E-state index in [2.05, 4.69) is 0 Å². The molecule has 0 saturated carbocycles. The fourth-order valence-corrected chi connectivity index (χ4v) is 2.40. The van der Waals surface area contributed by atoms with Gasteiger partial charge in [-0.3, -0.25) is 4.79 Å². The van der Waals surface area contributed by atoms with Gasteiger partial charge in [0.15, 0.2) is 6.10 Å². The quantitative estimate of drug-likeness (QED) is 0.870. The zero-order chi connectivity index (χ0) is 13.0. The molecule has 1 heterocycles. The minimum absolute atomic E-state index is 0.0413. The first kappa shape index (κ1) is 13.1. The van der Waals surface area contributed by atoms with Gasteiger partial charge in [-0.25, -0.2) is 0 Å². The highest BCUT2D eigenvalue weighted by atomic mass is 16.5. The molecule has 0 aliphatic carbocycles. The van der Waals surface area contributed by atoms with Gasteiger partial charge in [-0.05, 0) is 24.4 Å². The number of amides is 1. The van der Waals surface area contributed by atoms with Crippen molar-refractivity contribution in [3.8, 4) is 0 Å². The number of carbonyl (C=O) groups is 1. The molecule has 1 saturated heterocycles. The van der Waals surface area contributed by atoms with E-state index in [9.17, 15) is 4.79 Å². The van der Waals surface area contributed by atoms with E-state index in [1.54, 1.807) is 7.11 Å². The maximum absolute atomic E-state index is 12.4. The van der Waals surface area contributed by atoms with Crippen LogP contribution in [0.5, 0.6) is 0 Å². The highest BCUT2D eigenvalue weighted by Crippen LogP contribution is 2.23. The van der Waals surface area contributed by atoms with Crippen LogP contribution in [0, 0.1) is 5.92 Å². The SMILES string of the molecule is CO[C@@H](C(=O)N1CC[C@@H](CN)C1)c1ccccc1. The molecule has 4 nitrogen and oxygen atoms in total. The van der Waals surface area contributed by atoms with Crippen molar-refractivity contribution < 1.29 is 9.53 Å². The van der Waals surface area contributed by atoms with E-state index in [0.717, 1.165) is 25.1 Å². The molecule has 2 rings (SSSR count). The maximum atomic E-state index is 12.4. The molecule has 1 fully saturated rings. The van der Waals surface area contributed by atoms with Crippen LogP contribution in [0.2, 0.25) is 0 Å². The van der Waals surface area contributed by atoms with Crippen LogP contribution < -0.4 is 5.73 Å².